The van der Waals surface area contributed by atoms with Crippen molar-refractivity contribution in [1.29, 1.82) is 0 Å². The van der Waals surface area contributed by atoms with Gasteiger partial charge in [0.25, 0.3) is 11.2 Å². The number of non-ortho nitro benzene ring substituents is 1. The number of thioether (sulfide) groups is 1. The van der Waals surface area contributed by atoms with Crippen LogP contribution in [0.3, 0.4) is 0 Å². The Labute approximate surface area is 200 Å². The monoisotopic (exact) mass is 524 g/mol. The van der Waals surface area contributed by atoms with E-state index in [0.717, 1.165) is 17.3 Å². The van der Waals surface area contributed by atoms with Gasteiger partial charge in [-0.05, 0) is 52.7 Å². The molecule has 4 rings (SSSR count). The number of nitrogens with one attached hydrogen (secondary N) is 1. The van der Waals surface area contributed by atoms with Gasteiger partial charge in [-0.1, -0.05) is 42.1 Å². The van der Waals surface area contributed by atoms with Crippen molar-refractivity contribution in [3.8, 4) is 5.69 Å². The van der Waals surface area contributed by atoms with Gasteiger partial charge in [-0.2, -0.15) is 0 Å². The quantitative estimate of drug-likeness (QED) is 0.163. The first-order chi connectivity index (χ1) is 15.8. The number of hydrogen-bond acceptors (Lipinski definition) is 6. The minimum absolute atomic E-state index is 0.0138. The molecular weight excluding hydrogens is 508 g/mol. The lowest BCUT2D eigenvalue weighted by molar-refractivity contribution is -0.384. The number of para-hydroxylation sites is 2. The van der Waals surface area contributed by atoms with Gasteiger partial charge in [0.05, 0.1) is 33.0 Å². The van der Waals surface area contributed by atoms with Crippen LogP contribution in [0.15, 0.2) is 81.2 Å². The van der Waals surface area contributed by atoms with Crippen LogP contribution in [0.2, 0.25) is 0 Å². The second-order valence-electron chi connectivity index (χ2n) is 7.10. The van der Waals surface area contributed by atoms with E-state index in [1.807, 2.05) is 31.2 Å². The molecule has 0 atom stereocenters. The largest absolute Gasteiger partial charge is 0.324 e. The van der Waals surface area contributed by atoms with Crippen molar-refractivity contribution in [3.63, 3.8) is 0 Å². The molecule has 1 N–H and O–H groups in total. The van der Waals surface area contributed by atoms with Gasteiger partial charge in [-0.15, -0.1) is 0 Å². The molecule has 8 nitrogen and oxygen atoms in total. The van der Waals surface area contributed by atoms with Crippen molar-refractivity contribution in [3.05, 3.63) is 97.2 Å². The van der Waals surface area contributed by atoms with Crippen LogP contribution in [0.1, 0.15) is 5.56 Å². The molecule has 1 heterocycles. The number of nitro benzene ring substituents is 1. The van der Waals surface area contributed by atoms with Crippen molar-refractivity contribution in [2.75, 3.05) is 11.1 Å². The molecule has 10 heteroatoms. The van der Waals surface area contributed by atoms with Gasteiger partial charge in [-0.3, -0.25) is 24.3 Å². The van der Waals surface area contributed by atoms with Gasteiger partial charge in [-0.25, -0.2) is 4.98 Å². The zero-order valence-electron chi connectivity index (χ0n) is 17.3. The molecule has 33 heavy (non-hydrogen) atoms. The number of carbonyl (C=O) groups is 1. The minimum Gasteiger partial charge on any atom is -0.324 e. The number of fused-ring (bicyclic) bond motifs is 1. The lowest BCUT2D eigenvalue weighted by atomic mass is 10.2. The molecule has 0 radical (unpaired) electrons. The van der Waals surface area contributed by atoms with Crippen LogP contribution in [0.5, 0.6) is 0 Å². The number of carbonyl (C=O) groups excluding carboxylic acids is 1. The predicted octanol–water partition coefficient (Wildman–Crippen LogP) is 5.10. The fourth-order valence-corrected chi connectivity index (χ4v) is 4.54. The average molecular weight is 525 g/mol. The van der Waals surface area contributed by atoms with Crippen LogP contribution in [0, 0.1) is 17.0 Å². The van der Waals surface area contributed by atoms with Crippen LogP contribution >= 0.6 is 27.7 Å². The smallest absolute Gasteiger partial charge is 0.270 e. The molecule has 1 aromatic heterocycles. The van der Waals surface area contributed by atoms with Gasteiger partial charge in [0.15, 0.2) is 5.16 Å². The Morgan fingerprint density at radius 3 is 2.61 bits per heavy atom. The normalized spacial score (nSPS) is 10.8. The maximum absolute atomic E-state index is 13.3. The third kappa shape index (κ3) is 4.81. The van der Waals surface area contributed by atoms with Crippen LogP contribution in [-0.2, 0) is 4.79 Å². The maximum atomic E-state index is 13.3. The Bertz CT molecular complexity index is 1450. The van der Waals surface area contributed by atoms with E-state index in [1.54, 1.807) is 24.3 Å². The van der Waals surface area contributed by atoms with Gasteiger partial charge in [0, 0.05) is 16.6 Å². The molecule has 0 aliphatic carbocycles. The van der Waals surface area contributed by atoms with Gasteiger partial charge < -0.3 is 5.32 Å². The molecule has 0 spiro atoms. The lowest BCUT2D eigenvalue weighted by Crippen LogP contribution is -2.23. The molecule has 0 saturated heterocycles. The highest BCUT2D eigenvalue weighted by Crippen LogP contribution is 2.28. The minimum atomic E-state index is -0.511. The van der Waals surface area contributed by atoms with Crippen molar-refractivity contribution in [1.82, 2.24) is 9.55 Å². The number of halogens is 1. The van der Waals surface area contributed by atoms with E-state index in [4.69, 9.17) is 0 Å². The first-order valence-corrected chi connectivity index (χ1v) is 11.6. The molecule has 4 aromatic rings. The lowest BCUT2D eigenvalue weighted by Gasteiger charge is -2.15. The second kappa shape index (κ2) is 9.55. The SMILES string of the molecule is Cc1ccccc1-n1c(SCC(=O)Nc2ccc([N+](=O)[O-])cc2Br)nc2ccccc2c1=O. The first-order valence-electron chi connectivity index (χ1n) is 9.79. The number of nitro groups is 1. The second-order valence-corrected chi connectivity index (χ2v) is 8.89. The molecule has 166 valence electrons. The van der Waals surface area contributed by atoms with Crippen LogP contribution in [-0.4, -0.2) is 26.1 Å². The average Bonchev–Trinajstić information content (AvgIpc) is 2.80. The van der Waals surface area contributed by atoms with E-state index in [-0.39, 0.29) is 22.9 Å². The Morgan fingerprint density at radius 2 is 1.88 bits per heavy atom. The van der Waals surface area contributed by atoms with Crippen LogP contribution < -0.4 is 10.9 Å². The highest BCUT2D eigenvalue weighted by Gasteiger charge is 2.17. The number of aryl methyl sites for hydroxylation is 1. The summed E-state index contributed by atoms with van der Waals surface area (Å²) in [6.07, 6.45) is 0. The summed E-state index contributed by atoms with van der Waals surface area (Å²) in [6, 6.07) is 18.7. The van der Waals surface area contributed by atoms with Crippen LogP contribution in [0.25, 0.3) is 16.6 Å². The van der Waals surface area contributed by atoms with Gasteiger partial charge >= 0.3 is 0 Å². The van der Waals surface area contributed by atoms with E-state index in [2.05, 4.69) is 26.2 Å². The topological polar surface area (TPSA) is 107 Å². The summed E-state index contributed by atoms with van der Waals surface area (Å²) < 4.78 is 1.92. The van der Waals surface area contributed by atoms with E-state index in [9.17, 15) is 19.7 Å². The summed E-state index contributed by atoms with van der Waals surface area (Å²) in [7, 11) is 0. The van der Waals surface area contributed by atoms with E-state index >= 15 is 0 Å². The zero-order chi connectivity index (χ0) is 23.5. The van der Waals surface area contributed by atoms with Crippen molar-refractivity contribution >= 4 is 55.9 Å². The zero-order valence-corrected chi connectivity index (χ0v) is 19.7. The number of amides is 1. The third-order valence-electron chi connectivity index (χ3n) is 4.87. The molecule has 0 saturated carbocycles. The number of rotatable bonds is 6. The number of anilines is 1. The molecule has 0 unspecified atom stereocenters. The summed E-state index contributed by atoms with van der Waals surface area (Å²) in [5.41, 5.74) is 2.26. The number of aromatic nitrogens is 2. The Hall–Kier alpha value is -3.50. The summed E-state index contributed by atoms with van der Waals surface area (Å²) in [5, 5.41) is 14.5. The van der Waals surface area contributed by atoms with E-state index < -0.39 is 4.92 Å². The third-order valence-corrected chi connectivity index (χ3v) is 6.47. The number of nitrogens with zero attached hydrogens (tertiary/aromatic N) is 3. The number of hydrogen-bond donors (Lipinski definition) is 1. The summed E-state index contributed by atoms with van der Waals surface area (Å²) in [5.74, 6) is -0.353. The first kappa shape index (κ1) is 22.7. The molecule has 0 aliphatic rings. The summed E-state index contributed by atoms with van der Waals surface area (Å²) in [4.78, 5) is 41.0. The maximum Gasteiger partial charge on any atom is 0.270 e. The fourth-order valence-electron chi connectivity index (χ4n) is 3.27. The van der Waals surface area contributed by atoms with Crippen molar-refractivity contribution in [2.45, 2.75) is 12.1 Å². The molecule has 0 fully saturated rings. The highest BCUT2D eigenvalue weighted by atomic mass is 79.9. The molecular formula is C23H17BrN4O4S. The Kier molecular flexibility index (Phi) is 6.57. The number of benzene rings is 3. The molecule has 0 bridgehead atoms. The molecule has 1 amide bonds. The fraction of sp³-hybridized carbons (Fsp3) is 0.0870. The standard InChI is InChI=1S/C23H17BrN4O4S/c1-14-6-2-5-9-20(14)27-22(30)16-7-3-4-8-18(16)26-23(27)33-13-21(29)25-19-11-10-15(28(31)32)12-17(19)24/h2-12H,13H2,1H3,(H,25,29). The van der Waals surface area contributed by atoms with Crippen molar-refractivity contribution in [2.24, 2.45) is 0 Å². The molecule has 0 aliphatic heterocycles. The summed E-state index contributed by atoms with van der Waals surface area (Å²) in [6.45, 7) is 1.91. The van der Waals surface area contributed by atoms with E-state index in [0.29, 0.717) is 31.9 Å². The van der Waals surface area contributed by atoms with Crippen molar-refractivity contribution < 1.29 is 9.72 Å². The summed E-state index contributed by atoms with van der Waals surface area (Å²) >= 11 is 4.38. The highest BCUT2D eigenvalue weighted by molar-refractivity contribution is 9.10. The van der Waals surface area contributed by atoms with E-state index in [1.165, 1.54) is 22.8 Å². The Morgan fingerprint density at radius 1 is 1.15 bits per heavy atom. The van der Waals surface area contributed by atoms with Gasteiger partial charge in [0.2, 0.25) is 5.91 Å². The van der Waals surface area contributed by atoms with Crippen LogP contribution in [0.4, 0.5) is 11.4 Å². The Balaban J connectivity index is 1.64. The van der Waals surface area contributed by atoms with Gasteiger partial charge in [0.1, 0.15) is 0 Å². The predicted molar refractivity (Wildman–Crippen MR) is 132 cm³/mol. The molecule has 3 aromatic carbocycles.